The van der Waals surface area contributed by atoms with Gasteiger partial charge in [-0.3, -0.25) is 9.59 Å². The first kappa shape index (κ1) is 13.1. The van der Waals surface area contributed by atoms with E-state index in [0.717, 1.165) is 6.42 Å². The first-order valence-corrected chi connectivity index (χ1v) is 6.07. The molecule has 19 heavy (non-hydrogen) atoms. The maximum Gasteiger partial charge on any atom is 0.252 e. The molecule has 1 aliphatic rings. The summed E-state index contributed by atoms with van der Waals surface area (Å²) in [7, 11) is 0. The van der Waals surface area contributed by atoms with Crippen molar-refractivity contribution >= 4 is 18.0 Å². The van der Waals surface area contributed by atoms with Crippen LogP contribution in [0.5, 0.6) is 5.75 Å². The molecule has 6 nitrogen and oxygen atoms in total. The van der Waals surface area contributed by atoms with E-state index in [2.05, 4.69) is 15.8 Å². The lowest BCUT2D eigenvalue weighted by atomic mass is 9.98. The van der Waals surface area contributed by atoms with Crippen LogP contribution in [0.2, 0.25) is 0 Å². The lowest BCUT2D eigenvalue weighted by molar-refractivity contribution is -0.136. The highest BCUT2D eigenvalue weighted by atomic mass is 16.3. The fourth-order valence-corrected chi connectivity index (χ4v) is 1.86. The van der Waals surface area contributed by atoms with Gasteiger partial charge in [0.2, 0.25) is 5.91 Å². The molecule has 1 saturated heterocycles. The largest absolute Gasteiger partial charge is 0.507 e. The highest BCUT2D eigenvalue weighted by Gasteiger charge is 2.28. The van der Waals surface area contributed by atoms with E-state index in [-0.39, 0.29) is 11.7 Å². The van der Waals surface area contributed by atoms with Crippen LogP contribution in [-0.4, -0.2) is 29.7 Å². The van der Waals surface area contributed by atoms with Crippen molar-refractivity contribution in [3.05, 3.63) is 29.8 Å². The van der Waals surface area contributed by atoms with E-state index in [1.165, 1.54) is 12.3 Å². The number of rotatable bonds is 3. The Morgan fingerprint density at radius 2 is 2.26 bits per heavy atom. The van der Waals surface area contributed by atoms with Gasteiger partial charge in [-0.2, -0.15) is 5.10 Å². The molecule has 0 aliphatic carbocycles. The van der Waals surface area contributed by atoms with Gasteiger partial charge in [-0.1, -0.05) is 12.1 Å². The number of hydrogen-bond donors (Lipinski definition) is 3. The number of carbonyl (C=O) groups excluding carboxylic acids is 2. The second-order valence-electron chi connectivity index (χ2n) is 4.28. The highest BCUT2D eigenvalue weighted by Crippen LogP contribution is 2.13. The van der Waals surface area contributed by atoms with Gasteiger partial charge in [-0.25, -0.2) is 5.43 Å². The van der Waals surface area contributed by atoms with Crippen molar-refractivity contribution in [3.63, 3.8) is 0 Å². The van der Waals surface area contributed by atoms with Gasteiger partial charge in [0.15, 0.2) is 0 Å². The topological polar surface area (TPSA) is 90.8 Å². The molecule has 6 heteroatoms. The molecule has 1 heterocycles. The summed E-state index contributed by atoms with van der Waals surface area (Å²) in [4.78, 5) is 23.2. The van der Waals surface area contributed by atoms with Crippen LogP contribution in [0.15, 0.2) is 29.4 Å². The number of aromatic hydroxyl groups is 1. The molecular weight excluding hydrogens is 246 g/mol. The van der Waals surface area contributed by atoms with Crippen LogP contribution in [0.4, 0.5) is 0 Å². The van der Waals surface area contributed by atoms with E-state index >= 15 is 0 Å². The van der Waals surface area contributed by atoms with Gasteiger partial charge >= 0.3 is 0 Å². The number of nitrogens with zero attached hydrogens (tertiary/aromatic N) is 1. The lowest BCUT2D eigenvalue weighted by Crippen LogP contribution is -2.43. The maximum atomic E-state index is 11.7. The zero-order valence-electron chi connectivity index (χ0n) is 10.3. The Hall–Kier alpha value is -2.37. The molecule has 0 spiro atoms. The van der Waals surface area contributed by atoms with E-state index in [0.29, 0.717) is 18.5 Å². The quantitative estimate of drug-likeness (QED) is 0.417. The molecule has 0 saturated carbocycles. The SMILES string of the molecule is O=C1NCCC[C@H]1C(=O)N/N=C\c1ccccc1O. The number of phenols is 1. The summed E-state index contributed by atoms with van der Waals surface area (Å²) in [6, 6.07) is 6.63. The van der Waals surface area contributed by atoms with Crippen LogP contribution in [-0.2, 0) is 9.59 Å². The van der Waals surface area contributed by atoms with Crippen LogP contribution in [0.3, 0.4) is 0 Å². The van der Waals surface area contributed by atoms with Gasteiger partial charge in [-0.05, 0) is 25.0 Å². The number of carbonyl (C=O) groups is 2. The Labute approximate surface area is 110 Å². The molecule has 2 amide bonds. The van der Waals surface area contributed by atoms with Gasteiger partial charge in [0.05, 0.1) is 6.21 Å². The molecule has 0 bridgehead atoms. The molecule has 100 valence electrons. The van der Waals surface area contributed by atoms with Crippen molar-refractivity contribution in [3.8, 4) is 5.75 Å². The molecule has 1 aromatic rings. The summed E-state index contributed by atoms with van der Waals surface area (Å²) < 4.78 is 0. The third kappa shape index (κ3) is 3.31. The second-order valence-corrected chi connectivity index (χ2v) is 4.28. The third-order valence-corrected chi connectivity index (χ3v) is 2.92. The number of amides is 2. The number of phenolic OH excluding ortho intramolecular Hbond substituents is 1. The molecule has 1 fully saturated rings. The lowest BCUT2D eigenvalue weighted by Gasteiger charge is -2.19. The minimum absolute atomic E-state index is 0.0795. The number of benzene rings is 1. The molecule has 1 aromatic carbocycles. The zero-order valence-corrected chi connectivity index (χ0v) is 10.3. The standard InChI is InChI=1S/C13H15N3O3/c17-11-6-2-1-4-9(11)8-15-16-13(19)10-5-3-7-14-12(10)18/h1-2,4,6,8,10,17H,3,5,7H2,(H,14,18)(H,16,19)/b15-8-/t10-/m1/s1. The second kappa shape index (κ2) is 5.99. The molecule has 0 radical (unpaired) electrons. The fraction of sp³-hybridized carbons (Fsp3) is 0.308. The predicted octanol–water partition coefficient (Wildman–Crippen LogP) is 0.369. The minimum Gasteiger partial charge on any atom is -0.507 e. The van der Waals surface area contributed by atoms with Crippen LogP contribution >= 0.6 is 0 Å². The first-order valence-electron chi connectivity index (χ1n) is 6.07. The van der Waals surface area contributed by atoms with Gasteiger partial charge in [0.25, 0.3) is 5.91 Å². The zero-order chi connectivity index (χ0) is 13.7. The summed E-state index contributed by atoms with van der Waals surface area (Å²) in [5.74, 6) is -1.29. The van der Waals surface area contributed by atoms with Gasteiger partial charge < -0.3 is 10.4 Å². The monoisotopic (exact) mass is 261 g/mol. The smallest absolute Gasteiger partial charge is 0.252 e. The summed E-state index contributed by atoms with van der Waals surface area (Å²) >= 11 is 0. The van der Waals surface area contributed by atoms with Crippen molar-refractivity contribution < 1.29 is 14.7 Å². The van der Waals surface area contributed by atoms with E-state index in [1.54, 1.807) is 18.2 Å². The highest BCUT2D eigenvalue weighted by molar-refractivity contribution is 6.00. The van der Waals surface area contributed by atoms with Crippen molar-refractivity contribution in [1.29, 1.82) is 0 Å². The number of nitrogens with one attached hydrogen (secondary N) is 2. The number of hydrazone groups is 1. The van der Waals surface area contributed by atoms with Crippen LogP contribution in [0, 0.1) is 5.92 Å². The fourth-order valence-electron chi connectivity index (χ4n) is 1.86. The van der Waals surface area contributed by atoms with Gasteiger partial charge in [-0.15, -0.1) is 0 Å². The summed E-state index contributed by atoms with van der Waals surface area (Å²) in [5, 5.41) is 15.9. The Balaban J connectivity index is 1.93. The van der Waals surface area contributed by atoms with E-state index < -0.39 is 11.8 Å². The van der Waals surface area contributed by atoms with Crippen LogP contribution in [0.25, 0.3) is 0 Å². The van der Waals surface area contributed by atoms with Crippen LogP contribution < -0.4 is 10.7 Å². The average Bonchev–Trinajstić information content (AvgIpc) is 2.41. The summed E-state index contributed by atoms with van der Waals surface area (Å²) in [6.07, 6.45) is 2.66. The third-order valence-electron chi connectivity index (χ3n) is 2.92. The van der Waals surface area contributed by atoms with Gasteiger partial charge in [0, 0.05) is 12.1 Å². The predicted molar refractivity (Wildman–Crippen MR) is 69.6 cm³/mol. The minimum atomic E-state index is -0.685. The van der Waals surface area contributed by atoms with Crippen molar-refractivity contribution in [2.24, 2.45) is 11.0 Å². The van der Waals surface area contributed by atoms with E-state index in [1.807, 2.05) is 0 Å². The number of hydrogen-bond acceptors (Lipinski definition) is 4. The maximum absolute atomic E-state index is 11.7. The Morgan fingerprint density at radius 1 is 1.47 bits per heavy atom. The molecule has 3 N–H and O–H groups in total. The van der Waals surface area contributed by atoms with Crippen molar-refractivity contribution in [2.45, 2.75) is 12.8 Å². The van der Waals surface area contributed by atoms with Crippen LogP contribution in [0.1, 0.15) is 18.4 Å². The van der Waals surface area contributed by atoms with E-state index in [4.69, 9.17) is 0 Å². The van der Waals surface area contributed by atoms with E-state index in [9.17, 15) is 14.7 Å². The molecule has 0 unspecified atom stereocenters. The molecular formula is C13H15N3O3. The Kier molecular flexibility index (Phi) is 4.12. The number of piperidine rings is 1. The van der Waals surface area contributed by atoms with Crippen molar-refractivity contribution in [2.75, 3.05) is 6.54 Å². The summed E-state index contributed by atoms with van der Waals surface area (Å²) in [5.41, 5.74) is 2.81. The Bertz CT molecular complexity index is 514. The molecule has 2 rings (SSSR count). The normalized spacial score (nSPS) is 19.2. The molecule has 1 atom stereocenters. The molecule has 1 aliphatic heterocycles. The van der Waals surface area contributed by atoms with Gasteiger partial charge in [0.1, 0.15) is 11.7 Å². The van der Waals surface area contributed by atoms with Crippen molar-refractivity contribution in [1.82, 2.24) is 10.7 Å². The number of para-hydroxylation sites is 1. The Morgan fingerprint density at radius 3 is 3.00 bits per heavy atom. The first-order chi connectivity index (χ1) is 9.18. The average molecular weight is 261 g/mol. The summed E-state index contributed by atoms with van der Waals surface area (Å²) in [6.45, 7) is 0.615. The molecule has 0 aromatic heterocycles.